The van der Waals surface area contributed by atoms with Crippen LogP contribution >= 0.6 is 22.9 Å². The molecular weight excluding hydrogens is 398 g/mol. The summed E-state index contributed by atoms with van der Waals surface area (Å²) < 4.78 is 0.589. The van der Waals surface area contributed by atoms with E-state index in [1.807, 2.05) is 40.4 Å². The highest BCUT2D eigenvalue weighted by Crippen LogP contribution is 2.25. The van der Waals surface area contributed by atoms with E-state index in [9.17, 15) is 9.59 Å². The minimum atomic E-state index is -0.159. The fraction of sp³-hybridized carbons (Fsp3) is 0.263. The second-order valence-corrected chi connectivity index (χ2v) is 8.28. The van der Waals surface area contributed by atoms with Crippen LogP contribution in [0.4, 0.5) is 11.4 Å². The van der Waals surface area contributed by atoms with Gasteiger partial charge in [0.25, 0.3) is 5.91 Å². The number of anilines is 2. The summed E-state index contributed by atoms with van der Waals surface area (Å²) in [7, 11) is 0. The van der Waals surface area contributed by atoms with Crippen LogP contribution in [0.5, 0.6) is 0 Å². The van der Waals surface area contributed by atoms with Gasteiger partial charge in [-0.15, -0.1) is 16.9 Å². The van der Waals surface area contributed by atoms with Crippen molar-refractivity contribution in [3.8, 4) is 0 Å². The highest BCUT2D eigenvalue weighted by Gasteiger charge is 2.20. The summed E-state index contributed by atoms with van der Waals surface area (Å²) in [6.45, 7) is 1.14. The second-order valence-electron chi connectivity index (χ2n) is 6.57. The van der Waals surface area contributed by atoms with E-state index >= 15 is 0 Å². The predicted molar refractivity (Wildman–Crippen MR) is 111 cm³/mol. The van der Waals surface area contributed by atoms with Gasteiger partial charge in [-0.25, -0.2) is 0 Å². The molecule has 2 aliphatic rings. The first kappa shape index (κ1) is 18.8. The number of amides is 2. The topological polar surface area (TPSA) is 76.7 Å². The number of carbonyl (C=O) groups is 2. The summed E-state index contributed by atoms with van der Waals surface area (Å²) in [5.74, 6) is 0.0264. The molecule has 1 saturated heterocycles. The van der Waals surface area contributed by atoms with Crippen LogP contribution in [0.3, 0.4) is 0 Å². The lowest BCUT2D eigenvalue weighted by Crippen LogP contribution is -2.38. The van der Waals surface area contributed by atoms with Crippen LogP contribution in [-0.2, 0) is 4.79 Å². The van der Waals surface area contributed by atoms with E-state index in [4.69, 9.17) is 11.6 Å². The third-order valence-corrected chi connectivity index (χ3v) is 5.85. The Morgan fingerprint density at radius 3 is 2.64 bits per heavy atom. The van der Waals surface area contributed by atoms with Crippen molar-refractivity contribution < 1.29 is 9.59 Å². The van der Waals surface area contributed by atoms with E-state index in [-0.39, 0.29) is 11.8 Å². The molecule has 9 heteroatoms. The average Bonchev–Trinajstić information content (AvgIpc) is 3.36. The smallest absolute Gasteiger partial charge is 0.261 e. The summed E-state index contributed by atoms with van der Waals surface area (Å²) in [5, 5.41) is 4.68. The van der Waals surface area contributed by atoms with Gasteiger partial charge in [-0.05, 0) is 49.2 Å². The zero-order chi connectivity index (χ0) is 19.5. The standard InChI is InChI=1S/C19H20ClN5O2S/c20-17-9-8-16(28-17)19(27)21-11-13-12-25(23-22-13)15-6-4-14(5-7-15)24-10-2-1-3-18(24)26/h4-9,12,22-23H,1-3,10-11H2,(H,21,27). The summed E-state index contributed by atoms with van der Waals surface area (Å²) in [6, 6.07) is 11.2. The lowest BCUT2D eigenvalue weighted by molar-refractivity contribution is -0.119. The predicted octanol–water partition coefficient (Wildman–Crippen LogP) is 3.02. The molecule has 7 nitrogen and oxygen atoms in total. The number of hydrogen-bond donors (Lipinski definition) is 3. The maximum Gasteiger partial charge on any atom is 0.261 e. The molecule has 28 heavy (non-hydrogen) atoms. The molecule has 0 unspecified atom stereocenters. The summed E-state index contributed by atoms with van der Waals surface area (Å²) in [5.41, 5.74) is 8.75. The molecule has 1 aromatic carbocycles. The molecule has 0 radical (unpaired) electrons. The number of piperidine rings is 1. The van der Waals surface area contributed by atoms with Gasteiger partial charge in [0.15, 0.2) is 0 Å². The number of nitrogens with one attached hydrogen (secondary N) is 3. The molecule has 2 amide bonds. The molecule has 146 valence electrons. The minimum Gasteiger partial charge on any atom is -0.346 e. The van der Waals surface area contributed by atoms with Gasteiger partial charge in [0, 0.05) is 24.9 Å². The van der Waals surface area contributed by atoms with Crippen LogP contribution in [0.25, 0.3) is 0 Å². The third kappa shape index (κ3) is 4.14. The molecule has 3 heterocycles. The Morgan fingerprint density at radius 2 is 1.93 bits per heavy atom. The van der Waals surface area contributed by atoms with Crippen molar-refractivity contribution in [3.63, 3.8) is 0 Å². The van der Waals surface area contributed by atoms with Crippen molar-refractivity contribution in [1.82, 2.24) is 16.3 Å². The van der Waals surface area contributed by atoms with E-state index in [0.29, 0.717) is 22.2 Å². The Kier molecular flexibility index (Phi) is 5.52. The first-order valence-corrected chi connectivity index (χ1v) is 10.3. The quantitative estimate of drug-likeness (QED) is 0.697. The maximum atomic E-state index is 12.1. The Labute approximate surface area is 171 Å². The van der Waals surface area contributed by atoms with Gasteiger partial charge in [0.2, 0.25) is 5.91 Å². The normalized spacial score (nSPS) is 16.8. The number of hydrogen-bond acceptors (Lipinski definition) is 6. The van der Waals surface area contributed by atoms with E-state index in [0.717, 1.165) is 36.5 Å². The van der Waals surface area contributed by atoms with Crippen LogP contribution < -0.4 is 26.2 Å². The fourth-order valence-electron chi connectivity index (χ4n) is 3.15. The number of rotatable bonds is 5. The zero-order valence-corrected chi connectivity index (χ0v) is 16.6. The molecule has 4 rings (SSSR count). The molecule has 0 bridgehead atoms. The van der Waals surface area contributed by atoms with Crippen molar-refractivity contribution >= 4 is 46.1 Å². The lowest BCUT2D eigenvalue weighted by atomic mass is 10.1. The summed E-state index contributed by atoms with van der Waals surface area (Å²) in [4.78, 5) is 26.6. The summed E-state index contributed by atoms with van der Waals surface area (Å²) in [6.07, 6.45) is 4.51. The first-order valence-electron chi connectivity index (χ1n) is 9.06. The molecule has 1 fully saturated rings. The third-order valence-electron chi connectivity index (χ3n) is 4.62. The van der Waals surface area contributed by atoms with Gasteiger partial charge in [-0.3, -0.25) is 14.6 Å². The van der Waals surface area contributed by atoms with Gasteiger partial charge in [-0.1, -0.05) is 11.6 Å². The number of halogens is 1. The number of hydrazine groups is 2. The van der Waals surface area contributed by atoms with E-state index in [1.165, 1.54) is 11.3 Å². The SMILES string of the molecule is O=C(NCC1=CN(c2ccc(N3CCCCC3=O)cc2)NN1)c1ccc(Cl)s1. The largest absolute Gasteiger partial charge is 0.346 e. The average molecular weight is 418 g/mol. The molecule has 1 aromatic heterocycles. The van der Waals surface area contributed by atoms with Gasteiger partial charge in [0.05, 0.1) is 27.1 Å². The molecule has 3 N–H and O–H groups in total. The van der Waals surface area contributed by atoms with Gasteiger partial charge >= 0.3 is 0 Å². The highest BCUT2D eigenvalue weighted by atomic mass is 35.5. The van der Waals surface area contributed by atoms with Crippen molar-refractivity contribution in [1.29, 1.82) is 0 Å². The minimum absolute atomic E-state index is 0.159. The first-order chi connectivity index (χ1) is 13.6. The van der Waals surface area contributed by atoms with E-state index < -0.39 is 0 Å². The van der Waals surface area contributed by atoms with Gasteiger partial charge < -0.3 is 15.6 Å². The van der Waals surface area contributed by atoms with Crippen LogP contribution in [0.15, 0.2) is 48.3 Å². The molecule has 0 saturated carbocycles. The van der Waals surface area contributed by atoms with Crippen molar-refractivity contribution in [2.75, 3.05) is 23.0 Å². The lowest BCUT2D eigenvalue weighted by Gasteiger charge is -2.27. The fourth-order valence-corrected chi connectivity index (χ4v) is 4.11. The second kappa shape index (κ2) is 8.22. The Hall–Kier alpha value is -2.55. The molecule has 2 aliphatic heterocycles. The van der Waals surface area contributed by atoms with Crippen molar-refractivity contribution in [3.05, 3.63) is 57.5 Å². The molecule has 0 spiro atoms. The molecule has 0 atom stereocenters. The van der Waals surface area contributed by atoms with Crippen LogP contribution in [0.1, 0.15) is 28.9 Å². The van der Waals surface area contributed by atoms with Crippen LogP contribution in [0.2, 0.25) is 4.34 Å². The zero-order valence-electron chi connectivity index (χ0n) is 15.1. The Morgan fingerprint density at radius 1 is 1.14 bits per heavy atom. The number of thiophene rings is 1. The van der Waals surface area contributed by atoms with E-state index in [1.54, 1.807) is 12.1 Å². The monoisotopic (exact) mass is 417 g/mol. The van der Waals surface area contributed by atoms with Crippen LogP contribution in [-0.4, -0.2) is 24.9 Å². The Bertz CT molecular complexity index is 911. The van der Waals surface area contributed by atoms with E-state index in [2.05, 4.69) is 16.3 Å². The van der Waals surface area contributed by atoms with Crippen LogP contribution in [0, 0.1) is 0 Å². The van der Waals surface area contributed by atoms with Gasteiger partial charge in [0.1, 0.15) is 0 Å². The number of benzene rings is 1. The highest BCUT2D eigenvalue weighted by molar-refractivity contribution is 7.18. The van der Waals surface area contributed by atoms with Gasteiger partial charge in [-0.2, -0.15) is 0 Å². The Balaban J connectivity index is 1.35. The molecular formula is C19H20ClN5O2S. The number of nitrogens with zero attached hydrogens (tertiary/aromatic N) is 2. The van der Waals surface area contributed by atoms with Crippen molar-refractivity contribution in [2.45, 2.75) is 19.3 Å². The van der Waals surface area contributed by atoms with Crippen molar-refractivity contribution in [2.24, 2.45) is 0 Å². The maximum absolute atomic E-state index is 12.1. The molecule has 2 aromatic rings. The number of carbonyl (C=O) groups excluding carboxylic acids is 2. The summed E-state index contributed by atoms with van der Waals surface area (Å²) >= 11 is 7.11. The molecule has 0 aliphatic carbocycles.